The van der Waals surface area contributed by atoms with Gasteiger partial charge < -0.3 is 4.74 Å². The number of aromatic nitrogens is 1. The van der Waals surface area contributed by atoms with E-state index in [0.29, 0.717) is 22.3 Å². The van der Waals surface area contributed by atoms with Crippen LogP contribution in [0.1, 0.15) is 15.9 Å². The molecule has 0 saturated carbocycles. The van der Waals surface area contributed by atoms with Gasteiger partial charge in [0.15, 0.2) is 6.29 Å². The molecule has 1 aromatic heterocycles. The third-order valence-electron chi connectivity index (χ3n) is 2.45. The second-order valence-electron chi connectivity index (χ2n) is 3.88. The van der Waals surface area contributed by atoms with E-state index >= 15 is 0 Å². The van der Waals surface area contributed by atoms with Crippen LogP contribution in [-0.4, -0.2) is 17.4 Å². The summed E-state index contributed by atoms with van der Waals surface area (Å²) in [5.41, 5.74) is 1.31. The van der Waals surface area contributed by atoms with Gasteiger partial charge >= 0.3 is 6.09 Å². The van der Waals surface area contributed by atoms with E-state index in [0.717, 1.165) is 5.56 Å². The molecular weight excluding hydrogens is 324 g/mol. The van der Waals surface area contributed by atoms with Crippen LogP contribution >= 0.6 is 15.9 Å². The first-order chi connectivity index (χ1) is 9.69. The fourth-order valence-corrected chi connectivity index (χ4v) is 1.88. The third kappa shape index (κ3) is 3.89. The van der Waals surface area contributed by atoms with E-state index in [9.17, 15) is 9.59 Å². The molecule has 102 valence electrons. The lowest BCUT2D eigenvalue weighted by atomic mass is 10.2. The van der Waals surface area contributed by atoms with Crippen molar-refractivity contribution < 1.29 is 14.3 Å². The van der Waals surface area contributed by atoms with Gasteiger partial charge in [0.2, 0.25) is 0 Å². The van der Waals surface area contributed by atoms with Crippen LogP contribution in [-0.2, 0) is 11.3 Å². The molecule has 20 heavy (non-hydrogen) atoms. The van der Waals surface area contributed by atoms with Crippen LogP contribution in [0.3, 0.4) is 0 Å². The Kier molecular flexibility index (Phi) is 4.84. The third-order valence-corrected chi connectivity index (χ3v) is 3.08. The van der Waals surface area contributed by atoms with Gasteiger partial charge in [-0.25, -0.2) is 9.78 Å². The van der Waals surface area contributed by atoms with Gasteiger partial charge in [-0.2, -0.15) is 0 Å². The quantitative estimate of drug-likeness (QED) is 0.687. The number of aldehydes is 1. The number of halogens is 1. The van der Waals surface area contributed by atoms with Crippen molar-refractivity contribution in [2.24, 2.45) is 0 Å². The minimum Gasteiger partial charge on any atom is -0.444 e. The maximum Gasteiger partial charge on any atom is 0.413 e. The number of hydrogen-bond acceptors (Lipinski definition) is 4. The number of benzene rings is 1. The van der Waals surface area contributed by atoms with Crippen LogP contribution in [0.2, 0.25) is 0 Å². The minimum absolute atomic E-state index is 0.181. The summed E-state index contributed by atoms with van der Waals surface area (Å²) in [5, 5.41) is 2.49. The molecule has 2 rings (SSSR count). The van der Waals surface area contributed by atoms with E-state index in [1.807, 2.05) is 30.3 Å². The molecule has 1 heterocycles. The van der Waals surface area contributed by atoms with Crippen molar-refractivity contribution in [2.45, 2.75) is 6.61 Å². The molecule has 0 aliphatic heterocycles. The monoisotopic (exact) mass is 334 g/mol. The van der Waals surface area contributed by atoms with Crippen molar-refractivity contribution in [2.75, 3.05) is 5.32 Å². The molecule has 0 aliphatic rings. The van der Waals surface area contributed by atoms with Crippen LogP contribution < -0.4 is 5.32 Å². The summed E-state index contributed by atoms with van der Waals surface area (Å²) in [6, 6.07) is 12.4. The van der Waals surface area contributed by atoms with Gasteiger partial charge in [0.1, 0.15) is 17.0 Å². The SMILES string of the molecule is O=Cc1ccc(NC(=O)OCc2ccccc2)nc1Br. The van der Waals surface area contributed by atoms with Crippen molar-refractivity contribution >= 4 is 34.1 Å². The fourth-order valence-electron chi connectivity index (χ4n) is 1.47. The maximum absolute atomic E-state index is 11.6. The summed E-state index contributed by atoms with van der Waals surface area (Å²) >= 11 is 3.14. The summed E-state index contributed by atoms with van der Waals surface area (Å²) in [4.78, 5) is 26.2. The molecule has 0 atom stereocenters. The maximum atomic E-state index is 11.6. The van der Waals surface area contributed by atoms with Gasteiger partial charge in [0.05, 0.1) is 0 Å². The smallest absolute Gasteiger partial charge is 0.413 e. The number of rotatable bonds is 4. The topological polar surface area (TPSA) is 68.3 Å². The Labute approximate surface area is 124 Å². The van der Waals surface area contributed by atoms with Crippen LogP contribution in [0.5, 0.6) is 0 Å². The molecule has 5 nitrogen and oxygen atoms in total. The Morgan fingerprint density at radius 2 is 2.00 bits per heavy atom. The van der Waals surface area contributed by atoms with Crippen LogP contribution in [0.15, 0.2) is 47.1 Å². The lowest BCUT2D eigenvalue weighted by molar-refractivity contribution is 0.112. The van der Waals surface area contributed by atoms with Gasteiger partial charge in [0, 0.05) is 5.56 Å². The zero-order valence-electron chi connectivity index (χ0n) is 10.4. The Hall–Kier alpha value is -2.21. The molecule has 1 amide bonds. The van der Waals surface area contributed by atoms with Gasteiger partial charge in [-0.3, -0.25) is 10.1 Å². The molecule has 0 aliphatic carbocycles. The molecule has 1 N–H and O–H groups in total. The first-order valence-corrected chi connectivity index (χ1v) is 6.58. The summed E-state index contributed by atoms with van der Waals surface area (Å²) in [5.74, 6) is 0.306. The van der Waals surface area contributed by atoms with Gasteiger partial charge in [0.25, 0.3) is 0 Å². The van der Waals surface area contributed by atoms with E-state index in [-0.39, 0.29) is 6.61 Å². The normalized spacial score (nSPS) is 9.85. The zero-order valence-corrected chi connectivity index (χ0v) is 12.0. The predicted octanol–water partition coefficient (Wildman–Crippen LogP) is 3.41. The van der Waals surface area contributed by atoms with E-state index in [4.69, 9.17) is 4.74 Å². The summed E-state index contributed by atoms with van der Waals surface area (Å²) < 4.78 is 5.42. The number of pyridine rings is 1. The molecule has 0 bridgehead atoms. The molecule has 0 saturated heterocycles. The largest absolute Gasteiger partial charge is 0.444 e. The number of anilines is 1. The number of hydrogen-bond donors (Lipinski definition) is 1. The highest BCUT2D eigenvalue weighted by Gasteiger charge is 2.07. The standard InChI is InChI=1S/C14H11BrN2O3/c15-13-11(8-18)6-7-12(16-13)17-14(19)20-9-10-4-2-1-3-5-10/h1-8H,9H2,(H,16,17,19). The first kappa shape index (κ1) is 14.2. The van der Waals surface area contributed by atoms with Gasteiger partial charge in [-0.05, 0) is 33.6 Å². The Morgan fingerprint density at radius 3 is 2.65 bits per heavy atom. The van der Waals surface area contributed by atoms with E-state index in [1.54, 1.807) is 6.07 Å². The van der Waals surface area contributed by atoms with Crippen LogP contribution in [0.25, 0.3) is 0 Å². The summed E-state index contributed by atoms with van der Waals surface area (Å²) in [6.45, 7) is 0.181. The number of ether oxygens (including phenoxy) is 1. The van der Waals surface area contributed by atoms with Crippen molar-refractivity contribution in [1.29, 1.82) is 0 Å². The average molecular weight is 335 g/mol. The molecule has 0 fully saturated rings. The summed E-state index contributed by atoms with van der Waals surface area (Å²) in [7, 11) is 0. The molecule has 1 aromatic carbocycles. The molecular formula is C14H11BrN2O3. The Bertz CT molecular complexity index is 617. The highest BCUT2D eigenvalue weighted by Crippen LogP contribution is 2.15. The van der Waals surface area contributed by atoms with Crippen LogP contribution in [0.4, 0.5) is 10.6 Å². The van der Waals surface area contributed by atoms with Gasteiger partial charge in [-0.15, -0.1) is 0 Å². The van der Waals surface area contributed by atoms with Crippen molar-refractivity contribution in [1.82, 2.24) is 4.98 Å². The summed E-state index contributed by atoms with van der Waals surface area (Å²) in [6.07, 6.45) is 0.0707. The highest BCUT2D eigenvalue weighted by atomic mass is 79.9. The van der Waals surface area contributed by atoms with Gasteiger partial charge in [-0.1, -0.05) is 30.3 Å². The highest BCUT2D eigenvalue weighted by molar-refractivity contribution is 9.10. The second kappa shape index (κ2) is 6.81. The average Bonchev–Trinajstić information content (AvgIpc) is 2.46. The van der Waals surface area contributed by atoms with Crippen molar-refractivity contribution in [3.05, 3.63) is 58.2 Å². The zero-order chi connectivity index (χ0) is 14.4. The molecule has 2 aromatic rings. The lowest BCUT2D eigenvalue weighted by Gasteiger charge is -2.07. The molecule has 0 spiro atoms. The Balaban J connectivity index is 1.91. The van der Waals surface area contributed by atoms with Crippen molar-refractivity contribution in [3.63, 3.8) is 0 Å². The number of carbonyl (C=O) groups is 2. The minimum atomic E-state index is -0.605. The van der Waals surface area contributed by atoms with Crippen molar-refractivity contribution in [3.8, 4) is 0 Å². The number of nitrogens with zero attached hydrogens (tertiary/aromatic N) is 1. The van der Waals surface area contributed by atoms with E-state index in [1.165, 1.54) is 6.07 Å². The number of carbonyl (C=O) groups excluding carboxylic acids is 2. The number of nitrogens with one attached hydrogen (secondary N) is 1. The molecule has 0 radical (unpaired) electrons. The fraction of sp³-hybridized carbons (Fsp3) is 0.0714. The molecule has 0 unspecified atom stereocenters. The Morgan fingerprint density at radius 1 is 1.25 bits per heavy atom. The van der Waals surface area contributed by atoms with E-state index in [2.05, 4.69) is 26.2 Å². The predicted molar refractivity (Wildman–Crippen MR) is 77.6 cm³/mol. The lowest BCUT2D eigenvalue weighted by Crippen LogP contribution is -2.14. The first-order valence-electron chi connectivity index (χ1n) is 5.78. The van der Waals surface area contributed by atoms with Crippen LogP contribution in [0, 0.1) is 0 Å². The number of amides is 1. The van der Waals surface area contributed by atoms with E-state index < -0.39 is 6.09 Å². The molecule has 6 heteroatoms. The second-order valence-corrected chi connectivity index (χ2v) is 4.63.